The molecule has 3 atom stereocenters. The van der Waals surface area contributed by atoms with Gasteiger partial charge in [0.2, 0.25) is 5.91 Å². The van der Waals surface area contributed by atoms with Crippen molar-refractivity contribution in [3.05, 3.63) is 18.2 Å². The van der Waals surface area contributed by atoms with Crippen LogP contribution < -0.4 is 19.9 Å². The van der Waals surface area contributed by atoms with Gasteiger partial charge in [0.05, 0.1) is 11.6 Å². The number of fused-ring (bicyclic) bond motifs is 1. The van der Waals surface area contributed by atoms with Crippen LogP contribution in [0.1, 0.15) is 86.5 Å². The second-order valence-corrected chi connectivity index (χ2v) is 14.4. The van der Waals surface area contributed by atoms with E-state index in [4.69, 9.17) is 14.2 Å². The molecule has 1 N–H and O–H groups in total. The van der Waals surface area contributed by atoms with Gasteiger partial charge in [-0.1, -0.05) is 20.8 Å². The zero-order valence-electron chi connectivity index (χ0n) is 28.1. The standard InChI is InChI=1S/C35H55N3O6/c1-8-43-23-26(34(2,3)4)11-9-12-30(39)24-19-25(22-36-21-24)32(40)38(27-13-14-27)28-15-16-31-29(20-28)37(17-10-18-42-7)33(41)35(5,6)44-31/h15-16,20,24-27,36H,8-14,17-19,21-23H2,1-7H3/t24-,25+,26?/m0/s1. The van der Waals surface area contributed by atoms with Crippen LogP contribution in [0.3, 0.4) is 0 Å². The second-order valence-electron chi connectivity index (χ2n) is 14.4. The summed E-state index contributed by atoms with van der Waals surface area (Å²) in [7, 11) is 1.65. The molecule has 1 saturated heterocycles. The van der Waals surface area contributed by atoms with Crippen LogP contribution in [0.15, 0.2) is 18.2 Å². The number of anilines is 2. The Kier molecular flexibility index (Phi) is 11.5. The lowest BCUT2D eigenvalue weighted by molar-refractivity contribution is -0.132. The number of hydrogen-bond donors (Lipinski definition) is 1. The molecule has 9 nitrogen and oxygen atoms in total. The fourth-order valence-corrected chi connectivity index (χ4v) is 6.47. The molecule has 2 fully saturated rings. The number of amides is 2. The van der Waals surface area contributed by atoms with E-state index in [1.54, 1.807) is 25.9 Å². The van der Waals surface area contributed by atoms with E-state index in [2.05, 4.69) is 26.1 Å². The molecule has 0 bridgehead atoms. The van der Waals surface area contributed by atoms with Crippen LogP contribution in [0.25, 0.3) is 0 Å². The number of carbonyl (C=O) groups excluding carboxylic acids is 3. The van der Waals surface area contributed by atoms with E-state index in [9.17, 15) is 14.4 Å². The summed E-state index contributed by atoms with van der Waals surface area (Å²) in [6, 6.07) is 5.88. The highest BCUT2D eigenvalue weighted by Crippen LogP contribution is 2.43. The minimum atomic E-state index is -0.972. The number of Topliss-reactive ketones (excluding diaryl/α,β-unsaturated/α-hetero) is 1. The molecule has 0 radical (unpaired) electrons. The monoisotopic (exact) mass is 613 g/mol. The minimum Gasteiger partial charge on any atom is -0.476 e. The fraction of sp³-hybridized carbons (Fsp3) is 0.743. The molecular weight excluding hydrogens is 558 g/mol. The van der Waals surface area contributed by atoms with Crippen molar-refractivity contribution in [3.8, 4) is 5.75 Å². The Labute approximate surface area is 264 Å². The van der Waals surface area contributed by atoms with Gasteiger partial charge in [-0.05, 0) is 88.8 Å². The van der Waals surface area contributed by atoms with Crippen molar-refractivity contribution in [2.24, 2.45) is 23.2 Å². The van der Waals surface area contributed by atoms with Crippen molar-refractivity contribution < 1.29 is 28.6 Å². The lowest BCUT2D eigenvalue weighted by Crippen LogP contribution is -2.53. The van der Waals surface area contributed by atoms with Gasteiger partial charge in [0, 0.05) is 70.6 Å². The number of hydrogen-bond acceptors (Lipinski definition) is 7. The van der Waals surface area contributed by atoms with Crippen LogP contribution in [0, 0.1) is 23.2 Å². The number of ketones is 1. The second kappa shape index (κ2) is 14.7. The molecule has 44 heavy (non-hydrogen) atoms. The highest BCUT2D eigenvalue weighted by atomic mass is 16.5. The molecule has 1 aromatic rings. The number of nitrogens with zero attached hydrogens (tertiary/aromatic N) is 2. The van der Waals surface area contributed by atoms with Crippen molar-refractivity contribution >= 4 is 29.0 Å². The Bertz CT molecular complexity index is 1160. The van der Waals surface area contributed by atoms with Crippen molar-refractivity contribution in [1.82, 2.24) is 5.32 Å². The molecule has 1 aromatic carbocycles. The molecule has 2 amide bonds. The molecule has 2 heterocycles. The Morgan fingerprint density at radius 3 is 2.55 bits per heavy atom. The predicted octanol–water partition coefficient (Wildman–Crippen LogP) is 5.39. The van der Waals surface area contributed by atoms with Crippen LogP contribution >= 0.6 is 0 Å². The molecule has 0 spiro atoms. The van der Waals surface area contributed by atoms with E-state index in [-0.39, 0.29) is 40.9 Å². The molecule has 1 aliphatic carbocycles. The fourth-order valence-electron chi connectivity index (χ4n) is 6.47. The zero-order chi connectivity index (χ0) is 32.1. The first-order valence-corrected chi connectivity index (χ1v) is 16.7. The lowest BCUT2D eigenvalue weighted by Gasteiger charge is -2.39. The van der Waals surface area contributed by atoms with E-state index in [1.807, 2.05) is 30.0 Å². The Morgan fingerprint density at radius 2 is 1.89 bits per heavy atom. The van der Waals surface area contributed by atoms with Crippen molar-refractivity contribution in [2.75, 3.05) is 56.4 Å². The topological polar surface area (TPSA) is 97.4 Å². The molecule has 1 unspecified atom stereocenters. The van der Waals surface area contributed by atoms with E-state index in [0.717, 1.165) is 38.0 Å². The van der Waals surface area contributed by atoms with Gasteiger partial charge < -0.3 is 29.3 Å². The van der Waals surface area contributed by atoms with Crippen LogP contribution in [-0.2, 0) is 23.9 Å². The van der Waals surface area contributed by atoms with E-state index in [0.29, 0.717) is 69.5 Å². The Balaban J connectivity index is 1.44. The summed E-state index contributed by atoms with van der Waals surface area (Å²) in [5, 5.41) is 3.39. The first-order valence-electron chi connectivity index (χ1n) is 16.7. The van der Waals surface area contributed by atoms with Gasteiger partial charge in [-0.15, -0.1) is 0 Å². The first kappa shape index (κ1) is 34.4. The molecule has 3 aliphatic rings. The van der Waals surface area contributed by atoms with Crippen molar-refractivity contribution in [1.29, 1.82) is 0 Å². The summed E-state index contributed by atoms with van der Waals surface area (Å²) in [4.78, 5) is 44.5. The molecule has 9 heteroatoms. The number of methoxy groups -OCH3 is 1. The maximum absolute atomic E-state index is 14.1. The summed E-state index contributed by atoms with van der Waals surface area (Å²) in [6.45, 7) is 16.0. The van der Waals surface area contributed by atoms with Gasteiger partial charge in [-0.2, -0.15) is 0 Å². The highest BCUT2D eigenvalue weighted by Gasteiger charge is 2.43. The smallest absolute Gasteiger partial charge is 0.270 e. The number of nitrogens with one attached hydrogen (secondary N) is 1. The minimum absolute atomic E-state index is 0.0521. The summed E-state index contributed by atoms with van der Waals surface area (Å²) >= 11 is 0. The number of carbonyl (C=O) groups is 3. The molecule has 0 aromatic heterocycles. The SMILES string of the molecule is CCOCC(CCCC(=O)[C@@H]1CNC[C@H](C(=O)N(c2ccc3c(c2)N(CCCOC)C(=O)C(C)(C)O3)C2CC2)C1)C(C)(C)C. The number of benzene rings is 1. The Morgan fingerprint density at radius 1 is 1.16 bits per heavy atom. The number of piperidine rings is 1. The molecule has 2 aliphatic heterocycles. The van der Waals surface area contributed by atoms with Gasteiger partial charge in [0.1, 0.15) is 11.5 Å². The number of ether oxygens (including phenoxy) is 3. The number of rotatable bonds is 15. The van der Waals surface area contributed by atoms with Gasteiger partial charge in [-0.25, -0.2) is 0 Å². The summed E-state index contributed by atoms with van der Waals surface area (Å²) in [5.41, 5.74) is 0.621. The maximum Gasteiger partial charge on any atom is 0.270 e. The quantitative estimate of drug-likeness (QED) is 0.265. The third-order valence-corrected chi connectivity index (χ3v) is 9.40. The lowest BCUT2D eigenvalue weighted by atomic mass is 9.77. The van der Waals surface area contributed by atoms with Gasteiger partial charge in [0.15, 0.2) is 5.60 Å². The van der Waals surface area contributed by atoms with E-state index < -0.39 is 5.60 Å². The molecule has 4 rings (SSSR count). The average molecular weight is 614 g/mol. The van der Waals surface area contributed by atoms with Crippen LogP contribution in [0.5, 0.6) is 5.75 Å². The van der Waals surface area contributed by atoms with Crippen LogP contribution in [-0.4, -0.2) is 75.8 Å². The largest absolute Gasteiger partial charge is 0.476 e. The Hall–Kier alpha value is -2.49. The van der Waals surface area contributed by atoms with Gasteiger partial charge in [0.25, 0.3) is 5.91 Å². The van der Waals surface area contributed by atoms with Crippen molar-refractivity contribution in [3.63, 3.8) is 0 Å². The highest BCUT2D eigenvalue weighted by molar-refractivity contribution is 6.04. The van der Waals surface area contributed by atoms with Crippen molar-refractivity contribution in [2.45, 2.75) is 98.1 Å². The zero-order valence-corrected chi connectivity index (χ0v) is 28.1. The summed E-state index contributed by atoms with van der Waals surface area (Å²) < 4.78 is 17.1. The summed E-state index contributed by atoms with van der Waals surface area (Å²) in [5.74, 6) is 0.801. The first-order chi connectivity index (χ1) is 20.9. The average Bonchev–Trinajstić information content (AvgIpc) is 3.81. The molecular formula is C35H55N3O6. The molecule has 246 valence electrons. The normalized spacial score (nSPS) is 22.2. The molecule has 1 saturated carbocycles. The maximum atomic E-state index is 14.1. The van der Waals surface area contributed by atoms with E-state index in [1.165, 1.54) is 0 Å². The van der Waals surface area contributed by atoms with Crippen LogP contribution in [0.4, 0.5) is 11.4 Å². The van der Waals surface area contributed by atoms with Gasteiger partial charge in [-0.3, -0.25) is 14.4 Å². The van der Waals surface area contributed by atoms with Crippen LogP contribution in [0.2, 0.25) is 0 Å². The third kappa shape index (κ3) is 8.40. The predicted molar refractivity (Wildman–Crippen MR) is 173 cm³/mol. The third-order valence-electron chi connectivity index (χ3n) is 9.40. The van der Waals surface area contributed by atoms with Gasteiger partial charge >= 0.3 is 0 Å². The summed E-state index contributed by atoms with van der Waals surface area (Å²) in [6.07, 6.45) is 5.48. The van der Waals surface area contributed by atoms with E-state index >= 15 is 0 Å².